The van der Waals surface area contributed by atoms with E-state index in [4.69, 9.17) is 4.74 Å². The zero-order valence-electron chi connectivity index (χ0n) is 19.2. The summed E-state index contributed by atoms with van der Waals surface area (Å²) >= 11 is 0. The van der Waals surface area contributed by atoms with Crippen molar-refractivity contribution in [2.45, 2.75) is 33.7 Å². The first-order valence-corrected chi connectivity index (χ1v) is 10.9. The van der Waals surface area contributed by atoms with Crippen molar-refractivity contribution in [3.05, 3.63) is 82.8 Å². The summed E-state index contributed by atoms with van der Waals surface area (Å²) in [6, 6.07) is 15.0. The lowest BCUT2D eigenvalue weighted by Gasteiger charge is -2.35. The summed E-state index contributed by atoms with van der Waals surface area (Å²) in [5.74, 6) is -0.174. The molecule has 3 aromatic rings. The van der Waals surface area contributed by atoms with E-state index in [-0.39, 0.29) is 19.1 Å². The number of esters is 1. The van der Waals surface area contributed by atoms with Crippen LogP contribution in [0.15, 0.2) is 66.1 Å². The summed E-state index contributed by atoms with van der Waals surface area (Å²) in [5.41, 5.74) is 4.75. The Bertz CT molecular complexity index is 1210. The molecule has 0 saturated heterocycles. The fraction of sp³-hybridized carbons (Fsp3) is 0.280. The maximum absolute atomic E-state index is 13.1. The molecular formula is C25H27N5O3. The number of aryl methyl sites for hydroxylation is 2. The molecular weight excluding hydrogens is 418 g/mol. The van der Waals surface area contributed by atoms with Gasteiger partial charge in [-0.25, -0.2) is 9.48 Å². The fourth-order valence-corrected chi connectivity index (χ4v) is 4.00. The van der Waals surface area contributed by atoms with Gasteiger partial charge in [0.05, 0.1) is 12.2 Å². The number of carbonyl (C=O) groups excluding carboxylic acids is 2. The van der Waals surface area contributed by atoms with Gasteiger partial charge in [-0.1, -0.05) is 48.0 Å². The van der Waals surface area contributed by atoms with Crippen LogP contribution < -0.4 is 10.2 Å². The molecule has 0 bridgehead atoms. The minimum absolute atomic E-state index is 0.0254. The van der Waals surface area contributed by atoms with Crippen molar-refractivity contribution in [3.8, 4) is 0 Å². The summed E-state index contributed by atoms with van der Waals surface area (Å²) in [6.07, 6.45) is 1.43. The molecule has 4 rings (SSSR count). The van der Waals surface area contributed by atoms with Gasteiger partial charge >= 0.3 is 5.97 Å². The van der Waals surface area contributed by atoms with Crippen LogP contribution in [0.5, 0.6) is 0 Å². The molecule has 0 saturated carbocycles. The molecule has 0 aliphatic carbocycles. The number of fused-ring (bicyclic) bond motifs is 1. The molecule has 1 amide bonds. The smallest absolute Gasteiger partial charge is 0.338 e. The average molecular weight is 446 g/mol. The van der Waals surface area contributed by atoms with Crippen LogP contribution in [-0.2, 0) is 14.3 Å². The first kappa shape index (κ1) is 22.3. The van der Waals surface area contributed by atoms with Gasteiger partial charge in [0.15, 0.2) is 0 Å². The van der Waals surface area contributed by atoms with Crippen LogP contribution in [0.3, 0.4) is 0 Å². The highest BCUT2D eigenvalue weighted by molar-refractivity contribution is 5.97. The highest BCUT2D eigenvalue weighted by Gasteiger charge is 2.38. The van der Waals surface area contributed by atoms with Crippen molar-refractivity contribution in [2.24, 2.45) is 0 Å². The third kappa shape index (κ3) is 4.37. The molecule has 2 aromatic carbocycles. The Kier molecular flexibility index (Phi) is 6.26. The lowest BCUT2D eigenvalue weighted by Crippen LogP contribution is -2.41. The molecule has 1 N–H and O–H groups in total. The molecule has 170 valence electrons. The number of rotatable bonds is 6. The average Bonchev–Trinajstić information content (AvgIpc) is 3.27. The number of carbonyl (C=O) groups is 2. The molecule has 33 heavy (non-hydrogen) atoms. The quantitative estimate of drug-likeness (QED) is 0.581. The molecule has 1 aliphatic heterocycles. The second-order valence-electron chi connectivity index (χ2n) is 7.99. The highest BCUT2D eigenvalue weighted by Crippen LogP contribution is 2.38. The summed E-state index contributed by atoms with van der Waals surface area (Å²) in [5, 5.41) is 7.35. The van der Waals surface area contributed by atoms with E-state index in [9.17, 15) is 9.59 Å². The second-order valence-corrected chi connectivity index (χ2v) is 7.99. The van der Waals surface area contributed by atoms with Gasteiger partial charge in [0.1, 0.15) is 18.9 Å². The van der Waals surface area contributed by atoms with Crippen LogP contribution in [0, 0.1) is 13.8 Å². The minimum atomic E-state index is -0.502. The Labute approximate surface area is 192 Å². The van der Waals surface area contributed by atoms with Crippen LogP contribution in [-0.4, -0.2) is 39.8 Å². The number of benzene rings is 2. The lowest BCUT2D eigenvalue weighted by atomic mass is 9.94. The zero-order valence-corrected chi connectivity index (χ0v) is 19.2. The number of hydrogen-bond donors (Lipinski definition) is 1. The Morgan fingerprint density at radius 2 is 1.79 bits per heavy atom. The Morgan fingerprint density at radius 3 is 2.48 bits per heavy atom. The number of anilines is 2. The third-order valence-electron chi connectivity index (χ3n) is 5.72. The van der Waals surface area contributed by atoms with Crippen molar-refractivity contribution < 1.29 is 14.3 Å². The largest absolute Gasteiger partial charge is 0.463 e. The Morgan fingerprint density at radius 1 is 1.06 bits per heavy atom. The number of ether oxygens (including phenoxy) is 1. The number of allylic oxidation sites excluding steroid dienone is 1. The molecule has 8 heteroatoms. The summed E-state index contributed by atoms with van der Waals surface area (Å²) in [6.45, 7) is 7.74. The van der Waals surface area contributed by atoms with E-state index in [0.29, 0.717) is 17.2 Å². The monoisotopic (exact) mass is 445 g/mol. The van der Waals surface area contributed by atoms with E-state index >= 15 is 0 Å². The number of aromatic nitrogens is 3. The van der Waals surface area contributed by atoms with Crippen molar-refractivity contribution in [1.29, 1.82) is 0 Å². The predicted octanol–water partition coefficient (Wildman–Crippen LogP) is 3.78. The lowest BCUT2D eigenvalue weighted by molar-refractivity contribution is -0.139. The molecule has 0 spiro atoms. The van der Waals surface area contributed by atoms with Crippen molar-refractivity contribution >= 4 is 23.5 Å². The second kappa shape index (κ2) is 9.28. The third-order valence-corrected chi connectivity index (χ3v) is 5.72. The van der Waals surface area contributed by atoms with Gasteiger partial charge in [0, 0.05) is 11.4 Å². The van der Waals surface area contributed by atoms with Gasteiger partial charge in [-0.2, -0.15) is 10.1 Å². The van der Waals surface area contributed by atoms with Gasteiger partial charge in [0.2, 0.25) is 11.9 Å². The molecule has 1 aromatic heterocycles. The predicted molar refractivity (Wildman–Crippen MR) is 126 cm³/mol. The normalized spacial score (nSPS) is 15.3. The topological polar surface area (TPSA) is 89.3 Å². The standard InChI is InChI=1S/C25H27N5O3/c1-5-33-24(32)22-18(4)29(14-21(31)28-20-9-7-6-8-17(20)3)25-26-15-27-30(25)23(22)19-12-10-16(2)11-13-19/h6-13,15,23H,5,14H2,1-4H3,(H,28,31). The molecule has 0 fully saturated rings. The molecule has 8 nitrogen and oxygen atoms in total. The zero-order chi connectivity index (χ0) is 23.5. The highest BCUT2D eigenvalue weighted by atomic mass is 16.5. The van der Waals surface area contributed by atoms with E-state index < -0.39 is 12.0 Å². The SMILES string of the molecule is CCOC(=O)C1=C(C)N(CC(=O)Nc2ccccc2C)c2ncnn2C1c1ccc(C)cc1. The van der Waals surface area contributed by atoms with E-state index in [1.165, 1.54) is 6.33 Å². The molecule has 0 radical (unpaired) electrons. The maximum atomic E-state index is 13.1. The number of para-hydroxylation sites is 1. The van der Waals surface area contributed by atoms with Crippen LogP contribution in [0.25, 0.3) is 0 Å². The van der Waals surface area contributed by atoms with E-state index in [0.717, 1.165) is 22.4 Å². The van der Waals surface area contributed by atoms with Crippen LogP contribution in [0.1, 0.15) is 36.6 Å². The molecule has 1 unspecified atom stereocenters. The molecule has 1 atom stereocenters. The van der Waals surface area contributed by atoms with Crippen LogP contribution in [0.2, 0.25) is 0 Å². The van der Waals surface area contributed by atoms with Crippen LogP contribution in [0.4, 0.5) is 11.6 Å². The molecule has 2 heterocycles. The number of nitrogens with zero attached hydrogens (tertiary/aromatic N) is 4. The summed E-state index contributed by atoms with van der Waals surface area (Å²) < 4.78 is 7.07. The van der Waals surface area contributed by atoms with Gasteiger partial charge in [-0.05, 0) is 44.9 Å². The van der Waals surface area contributed by atoms with Gasteiger partial charge < -0.3 is 15.0 Å². The summed E-state index contributed by atoms with van der Waals surface area (Å²) in [4.78, 5) is 32.2. The number of hydrogen-bond acceptors (Lipinski definition) is 6. The minimum Gasteiger partial charge on any atom is -0.463 e. The Balaban J connectivity index is 1.74. The van der Waals surface area contributed by atoms with Crippen LogP contribution >= 0.6 is 0 Å². The van der Waals surface area contributed by atoms with Crippen molar-refractivity contribution in [1.82, 2.24) is 14.8 Å². The van der Waals surface area contributed by atoms with E-state index in [1.54, 1.807) is 16.5 Å². The van der Waals surface area contributed by atoms with E-state index in [1.807, 2.05) is 69.3 Å². The first-order chi connectivity index (χ1) is 15.9. The van der Waals surface area contributed by atoms with Gasteiger partial charge in [-0.15, -0.1) is 0 Å². The fourth-order valence-electron chi connectivity index (χ4n) is 4.00. The first-order valence-electron chi connectivity index (χ1n) is 10.9. The maximum Gasteiger partial charge on any atom is 0.338 e. The van der Waals surface area contributed by atoms with E-state index in [2.05, 4.69) is 15.4 Å². The number of amides is 1. The van der Waals surface area contributed by atoms with Crippen molar-refractivity contribution in [2.75, 3.05) is 23.4 Å². The number of nitrogens with one attached hydrogen (secondary N) is 1. The van der Waals surface area contributed by atoms with Gasteiger partial charge in [0.25, 0.3) is 0 Å². The molecule has 1 aliphatic rings. The Hall–Kier alpha value is -3.94. The van der Waals surface area contributed by atoms with Gasteiger partial charge in [-0.3, -0.25) is 4.79 Å². The summed E-state index contributed by atoms with van der Waals surface area (Å²) in [7, 11) is 0. The van der Waals surface area contributed by atoms with Crippen molar-refractivity contribution in [3.63, 3.8) is 0 Å².